The van der Waals surface area contributed by atoms with E-state index in [4.69, 9.17) is 0 Å². The van der Waals surface area contributed by atoms with Crippen molar-refractivity contribution < 1.29 is 9.90 Å². The molecule has 0 amide bonds. The zero-order valence-electron chi connectivity index (χ0n) is 16.1. The number of aryl methyl sites for hydroxylation is 1. The van der Waals surface area contributed by atoms with Gasteiger partial charge < -0.3 is 10.1 Å². The highest BCUT2D eigenvalue weighted by Gasteiger charge is 2.42. The first-order valence-electron chi connectivity index (χ1n) is 9.91. The van der Waals surface area contributed by atoms with Crippen LogP contribution in [0, 0.1) is 6.92 Å². The Bertz CT molecular complexity index is 973. The molecule has 2 atom stereocenters. The largest absolute Gasteiger partial charge is 0.481 e. The van der Waals surface area contributed by atoms with Crippen LogP contribution in [-0.2, 0) is 16.6 Å². The fourth-order valence-corrected chi connectivity index (χ4v) is 4.99. The van der Waals surface area contributed by atoms with Gasteiger partial charge in [0.25, 0.3) is 0 Å². The summed E-state index contributed by atoms with van der Waals surface area (Å²) in [7, 11) is 0. The van der Waals surface area contributed by atoms with Gasteiger partial charge in [-0.15, -0.1) is 0 Å². The summed E-state index contributed by atoms with van der Waals surface area (Å²) in [5, 5.41) is 10.9. The predicted molar refractivity (Wildman–Crippen MR) is 109 cm³/mol. The molecule has 3 nitrogen and oxygen atoms in total. The van der Waals surface area contributed by atoms with Gasteiger partial charge in [-0.2, -0.15) is 0 Å². The van der Waals surface area contributed by atoms with Crippen molar-refractivity contribution in [2.24, 2.45) is 0 Å². The Balaban J connectivity index is 1.88. The van der Waals surface area contributed by atoms with E-state index in [1.165, 1.54) is 33.3 Å². The molecule has 140 valence electrons. The maximum absolute atomic E-state index is 11.7. The van der Waals surface area contributed by atoms with Crippen LogP contribution in [0.25, 0.3) is 10.9 Å². The van der Waals surface area contributed by atoms with Gasteiger partial charge in [0.05, 0.1) is 6.42 Å². The molecule has 0 bridgehead atoms. The molecule has 4 rings (SSSR count). The summed E-state index contributed by atoms with van der Waals surface area (Å²) in [4.78, 5) is 15.4. The molecule has 0 saturated heterocycles. The van der Waals surface area contributed by atoms with Crippen LogP contribution in [0.3, 0.4) is 0 Å². The maximum atomic E-state index is 11.7. The SMILES string of the molecule is CCC1(CC(=O)O)CC[C@H](Cc2ccccc2)c2c1[nH]c1c(C)cccc21. The number of carboxylic acids is 1. The van der Waals surface area contributed by atoms with Crippen molar-refractivity contribution >= 4 is 16.9 Å². The van der Waals surface area contributed by atoms with Gasteiger partial charge in [-0.05, 0) is 55.2 Å². The number of carbonyl (C=O) groups is 1. The highest BCUT2D eigenvalue weighted by Crippen LogP contribution is 2.50. The summed E-state index contributed by atoms with van der Waals surface area (Å²) >= 11 is 0. The minimum Gasteiger partial charge on any atom is -0.481 e. The quantitative estimate of drug-likeness (QED) is 0.611. The third kappa shape index (κ3) is 3.05. The van der Waals surface area contributed by atoms with Gasteiger partial charge in [-0.3, -0.25) is 4.79 Å². The van der Waals surface area contributed by atoms with Crippen molar-refractivity contribution in [1.82, 2.24) is 4.98 Å². The normalized spacial score (nSPS) is 21.9. The number of para-hydroxylation sites is 1. The molecular weight excluding hydrogens is 334 g/mol. The Kier molecular flexibility index (Phi) is 4.55. The number of rotatable bonds is 5. The number of aliphatic carboxylic acids is 1. The smallest absolute Gasteiger partial charge is 0.304 e. The predicted octanol–water partition coefficient (Wildman–Crippen LogP) is 5.72. The molecule has 1 aliphatic rings. The second-order valence-electron chi connectivity index (χ2n) is 8.04. The number of nitrogens with one attached hydrogen (secondary N) is 1. The average molecular weight is 361 g/mol. The summed E-state index contributed by atoms with van der Waals surface area (Å²) in [6, 6.07) is 17.1. The van der Waals surface area contributed by atoms with Crippen LogP contribution < -0.4 is 0 Å². The van der Waals surface area contributed by atoms with E-state index < -0.39 is 5.97 Å². The van der Waals surface area contributed by atoms with Gasteiger partial charge in [0.2, 0.25) is 0 Å². The summed E-state index contributed by atoms with van der Waals surface area (Å²) in [5.41, 5.74) is 5.97. The topological polar surface area (TPSA) is 53.1 Å². The third-order valence-electron chi connectivity index (χ3n) is 6.48. The van der Waals surface area contributed by atoms with Crippen molar-refractivity contribution in [2.45, 2.75) is 57.3 Å². The number of fused-ring (bicyclic) bond motifs is 3. The zero-order chi connectivity index (χ0) is 19.0. The van der Waals surface area contributed by atoms with Crippen LogP contribution in [0.5, 0.6) is 0 Å². The Morgan fingerprint density at radius 3 is 2.67 bits per heavy atom. The second-order valence-corrected chi connectivity index (χ2v) is 8.04. The summed E-state index contributed by atoms with van der Waals surface area (Å²) in [5.74, 6) is -0.286. The fraction of sp³-hybridized carbons (Fsp3) is 0.375. The lowest BCUT2D eigenvalue weighted by molar-refractivity contribution is -0.138. The lowest BCUT2D eigenvalue weighted by Crippen LogP contribution is -2.34. The number of H-pyrrole nitrogens is 1. The van der Waals surface area contributed by atoms with E-state index >= 15 is 0 Å². The molecule has 1 heterocycles. The van der Waals surface area contributed by atoms with Crippen LogP contribution in [0.4, 0.5) is 0 Å². The number of aromatic nitrogens is 1. The number of hydrogen-bond acceptors (Lipinski definition) is 1. The van der Waals surface area contributed by atoms with Crippen molar-refractivity contribution in [3.8, 4) is 0 Å². The number of benzene rings is 2. The molecule has 3 heteroatoms. The molecule has 0 aliphatic heterocycles. The first-order chi connectivity index (χ1) is 13.0. The monoisotopic (exact) mass is 361 g/mol. The zero-order valence-corrected chi connectivity index (χ0v) is 16.1. The van der Waals surface area contributed by atoms with Crippen molar-refractivity contribution in [3.05, 3.63) is 70.9 Å². The molecule has 3 aromatic rings. The Hall–Kier alpha value is -2.55. The average Bonchev–Trinajstić information content (AvgIpc) is 3.06. The van der Waals surface area contributed by atoms with E-state index in [0.29, 0.717) is 5.92 Å². The minimum absolute atomic E-state index is 0.195. The summed E-state index contributed by atoms with van der Waals surface area (Å²) < 4.78 is 0. The van der Waals surface area contributed by atoms with E-state index in [0.717, 1.165) is 25.7 Å². The van der Waals surface area contributed by atoms with Gasteiger partial charge >= 0.3 is 5.97 Å². The molecule has 0 saturated carbocycles. The molecular formula is C24H27NO2. The van der Waals surface area contributed by atoms with E-state index in [1.54, 1.807) is 0 Å². The minimum atomic E-state index is -0.709. The second kappa shape index (κ2) is 6.88. The van der Waals surface area contributed by atoms with Gasteiger partial charge in [0.1, 0.15) is 0 Å². The first-order valence-corrected chi connectivity index (χ1v) is 9.91. The van der Waals surface area contributed by atoms with Gasteiger partial charge in [-0.25, -0.2) is 0 Å². The maximum Gasteiger partial charge on any atom is 0.304 e. The summed E-state index contributed by atoms with van der Waals surface area (Å²) in [6.45, 7) is 4.25. The number of aromatic amines is 1. The molecule has 0 spiro atoms. The molecule has 2 aromatic carbocycles. The van der Waals surface area contributed by atoms with Crippen molar-refractivity contribution in [2.75, 3.05) is 0 Å². The van der Waals surface area contributed by atoms with E-state index in [2.05, 4.69) is 67.4 Å². The standard InChI is InChI=1S/C24H27NO2/c1-3-24(15-20(26)27)13-12-18(14-17-9-5-4-6-10-17)21-19-11-7-8-16(2)22(19)25-23(21)24/h4-11,18,25H,3,12-15H2,1-2H3,(H,26,27)/t18-,24?/m1/s1. The molecule has 27 heavy (non-hydrogen) atoms. The molecule has 0 fully saturated rings. The van der Waals surface area contributed by atoms with Crippen LogP contribution >= 0.6 is 0 Å². The van der Waals surface area contributed by atoms with E-state index in [-0.39, 0.29) is 11.8 Å². The molecule has 1 aliphatic carbocycles. The number of hydrogen-bond donors (Lipinski definition) is 2. The summed E-state index contributed by atoms with van der Waals surface area (Å²) in [6.07, 6.45) is 3.99. The highest BCUT2D eigenvalue weighted by atomic mass is 16.4. The van der Waals surface area contributed by atoms with Gasteiger partial charge in [0.15, 0.2) is 0 Å². The van der Waals surface area contributed by atoms with Crippen LogP contribution in [0.1, 0.15) is 60.9 Å². The van der Waals surface area contributed by atoms with E-state index in [1.807, 2.05) is 0 Å². The van der Waals surface area contributed by atoms with Crippen molar-refractivity contribution in [3.63, 3.8) is 0 Å². The Morgan fingerprint density at radius 1 is 1.19 bits per heavy atom. The molecule has 0 radical (unpaired) electrons. The van der Waals surface area contributed by atoms with Crippen molar-refractivity contribution in [1.29, 1.82) is 0 Å². The first kappa shape index (κ1) is 17.8. The molecule has 2 N–H and O–H groups in total. The van der Waals surface area contributed by atoms with Crippen LogP contribution in [0.2, 0.25) is 0 Å². The highest BCUT2D eigenvalue weighted by molar-refractivity contribution is 5.89. The number of carboxylic acid groups (broad SMARTS) is 1. The van der Waals surface area contributed by atoms with Crippen LogP contribution in [-0.4, -0.2) is 16.1 Å². The Morgan fingerprint density at radius 2 is 1.96 bits per heavy atom. The lowest BCUT2D eigenvalue weighted by Gasteiger charge is -2.39. The Labute approximate surface area is 160 Å². The van der Waals surface area contributed by atoms with Gasteiger partial charge in [-0.1, -0.05) is 55.5 Å². The lowest BCUT2D eigenvalue weighted by atomic mass is 9.65. The molecule has 1 unspecified atom stereocenters. The fourth-order valence-electron chi connectivity index (χ4n) is 4.99. The van der Waals surface area contributed by atoms with Gasteiger partial charge in [0, 0.05) is 22.0 Å². The molecule has 1 aromatic heterocycles. The van der Waals surface area contributed by atoms with Crippen LogP contribution in [0.15, 0.2) is 48.5 Å². The third-order valence-corrected chi connectivity index (χ3v) is 6.48. The van der Waals surface area contributed by atoms with E-state index in [9.17, 15) is 9.90 Å².